The van der Waals surface area contributed by atoms with Crippen LogP contribution in [-0.4, -0.2) is 70.7 Å². The molecule has 1 N–H and O–H groups in total. The molecule has 2 aromatic rings. The molecule has 0 aliphatic carbocycles. The van der Waals surface area contributed by atoms with Crippen LogP contribution in [0, 0.1) is 0 Å². The lowest BCUT2D eigenvalue weighted by Gasteiger charge is -2.36. The minimum absolute atomic E-state index is 0.181. The van der Waals surface area contributed by atoms with Crippen LogP contribution < -0.4 is 5.32 Å². The Morgan fingerprint density at radius 1 is 1.12 bits per heavy atom. The van der Waals surface area contributed by atoms with Crippen molar-refractivity contribution in [1.29, 1.82) is 0 Å². The Labute approximate surface area is 152 Å². The fourth-order valence-corrected chi connectivity index (χ4v) is 4.11. The number of aromatic nitrogens is 3. The number of carbonyl (C=O) groups is 1. The fraction of sp³-hybridized carbons (Fsp3) is 0.375. The van der Waals surface area contributed by atoms with Crippen LogP contribution in [0.2, 0.25) is 0 Å². The second kappa shape index (κ2) is 7.85. The predicted octanol–water partition coefficient (Wildman–Crippen LogP) is 0.205. The molecule has 2 aromatic heterocycles. The predicted molar refractivity (Wildman–Crippen MR) is 94.7 cm³/mol. The largest absolute Gasteiger partial charge is 0.293 e. The second-order valence-corrected chi connectivity index (χ2v) is 7.80. The second-order valence-electron chi connectivity index (χ2n) is 5.87. The smallest absolute Gasteiger partial charge is 0.244 e. The van der Waals surface area contributed by atoms with Gasteiger partial charge < -0.3 is 0 Å². The quantitative estimate of drug-likeness (QED) is 0.794. The number of nitrogens with zero attached hydrogens (tertiary/aromatic N) is 5. The lowest BCUT2D eigenvalue weighted by Crippen LogP contribution is -2.54. The molecule has 26 heavy (non-hydrogen) atoms. The van der Waals surface area contributed by atoms with Crippen molar-refractivity contribution in [2.75, 3.05) is 31.5 Å². The first-order chi connectivity index (χ1) is 12.5. The van der Waals surface area contributed by atoms with Crippen LogP contribution in [0.3, 0.4) is 0 Å². The Balaban J connectivity index is 1.59. The molecular formula is C16H20N6O3S. The lowest BCUT2D eigenvalue weighted by atomic mass is 10.2. The molecule has 1 fully saturated rings. The van der Waals surface area contributed by atoms with Gasteiger partial charge in [0.05, 0.1) is 6.04 Å². The van der Waals surface area contributed by atoms with Crippen molar-refractivity contribution in [2.45, 2.75) is 17.9 Å². The van der Waals surface area contributed by atoms with Gasteiger partial charge in [-0.15, -0.1) is 0 Å². The first-order valence-corrected chi connectivity index (χ1v) is 9.64. The molecule has 1 atom stereocenters. The summed E-state index contributed by atoms with van der Waals surface area (Å²) in [7, 11) is -3.56. The van der Waals surface area contributed by atoms with E-state index in [1.54, 1.807) is 31.5 Å². The molecular weight excluding hydrogens is 356 g/mol. The molecule has 0 spiro atoms. The van der Waals surface area contributed by atoms with Gasteiger partial charge in [-0.1, -0.05) is 0 Å². The normalized spacial score (nSPS) is 17.6. The van der Waals surface area contributed by atoms with E-state index >= 15 is 0 Å². The molecule has 9 nitrogen and oxygen atoms in total. The molecule has 3 rings (SSSR count). The zero-order valence-corrected chi connectivity index (χ0v) is 15.1. The van der Waals surface area contributed by atoms with Crippen LogP contribution >= 0.6 is 0 Å². The Morgan fingerprint density at radius 2 is 1.81 bits per heavy atom. The van der Waals surface area contributed by atoms with Crippen molar-refractivity contribution in [3.63, 3.8) is 0 Å². The number of hydrogen-bond donors (Lipinski definition) is 1. The fourth-order valence-electron chi connectivity index (χ4n) is 2.72. The molecule has 1 saturated heterocycles. The van der Waals surface area contributed by atoms with E-state index in [-0.39, 0.29) is 16.8 Å². The minimum Gasteiger partial charge on any atom is -0.293 e. The summed E-state index contributed by atoms with van der Waals surface area (Å²) in [6.45, 7) is 3.34. The standard InChI is InChI=1S/C16H20N6O3S/c1-13(15(23)20-16-18-6-3-7-19-16)21-8-10-22(11-9-21)26(24,25)14-4-2-5-17-12-14/h2-7,12-13H,8-11H2,1H3,(H,18,19,20,23). The maximum absolute atomic E-state index is 12.6. The summed E-state index contributed by atoms with van der Waals surface area (Å²) in [4.78, 5) is 26.3. The summed E-state index contributed by atoms with van der Waals surface area (Å²) in [5.41, 5.74) is 0. The van der Waals surface area contributed by atoms with Gasteiger partial charge in [-0.3, -0.25) is 20.0 Å². The van der Waals surface area contributed by atoms with Crippen LogP contribution in [0.25, 0.3) is 0 Å². The molecule has 0 radical (unpaired) electrons. The zero-order valence-electron chi connectivity index (χ0n) is 14.3. The van der Waals surface area contributed by atoms with Gasteiger partial charge in [-0.05, 0) is 25.1 Å². The minimum atomic E-state index is -3.56. The zero-order chi connectivity index (χ0) is 18.6. The van der Waals surface area contributed by atoms with E-state index in [0.717, 1.165) is 0 Å². The van der Waals surface area contributed by atoms with E-state index in [0.29, 0.717) is 26.2 Å². The number of piperazine rings is 1. The van der Waals surface area contributed by atoms with E-state index in [4.69, 9.17) is 0 Å². The van der Waals surface area contributed by atoms with E-state index in [2.05, 4.69) is 20.3 Å². The third-order valence-electron chi connectivity index (χ3n) is 4.27. The Hall–Kier alpha value is -2.43. The third-order valence-corrected chi connectivity index (χ3v) is 6.16. The molecule has 3 heterocycles. The summed E-state index contributed by atoms with van der Waals surface area (Å²) in [6, 6.07) is 4.38. The monoisotopic (exact) mass is 376 g/mol. The van der Waals surface area contributed by atoms with Gasteiger partial charge in [0.15, 0.2) is 0 Å². The van der Waals surface area contributed by atoms with Gasteiger partial charge in [0.1, 0.15) is 4.90 Å². The molecule has 1 aliphatic heterocycles. The van der Waals surface area contributed by atoms with Crippen molar-refractivity contribution < 1.29 is 13.2 Å². The van der Waals surface area contributed by atoms with Crippen molar-refractivity contribution >= 4 is 21.9 Å². The van der Waals surface area contributed by atoms with Gasteiger partial charge in [0, 0.05) is 51.0 Å². The number of pyridine rings is 1. The van der Waals surface area contributed by atoms with E-state index in [1.165, 1.54) is 22.8 Å². The van der Waals surface area contributed by atoms with Crippen LogP contribution in [0.1, 0.15) is 6.92 Å². The summed E-state index contributed by atoms with van der Waals surface area (Å²) in [6.07, 6.45) is 5.98. The summed E-state index contributed by atoms with van der Waals surface area (Å²) >= 11 is 0. The van der Waals surface area contributed by atoms with Gasteiger partial charge >= 0.3 is 0 Å². The van der Waals surface area contributed by atoms with Crippen molar-refractivity contribution in [2.24, 2.45) is 0 Å². The molecule has 1 unspecified atom stereocenters. The van der Waals surface area contributed by atoms with Gasteiger partial charge in [-0.25, -0.2) is 18.4 Å². The van der Waals surface area contributed by atoms with E-state index < -0.39 is 16.1 Å². The van der Waals surface area contributed by atoms with Crippen molar-refractivity contribution in [1.82, 2.24) is 24.2 Å². The Morgan fingerprint density at radius 3 is 2.42 bits per heavy atom. The lowest BCUT2D eigenvalue weighted by molar-refractivity contribution is -0.121. The maximum Gasteiger partial charge on any atom is 0.244 e. The topological polar surface area (TPSA) is 108 Å². The highest BCUT2D eigenvalue weighted by Crippen LogP contribution is 2.17. The molecule has 0 saturated carbocycles. The SMILES string of the molecule is CC(C(=O)Nc1ncccn1)N1CCN(S(=O)(=O)c2cccnc2)CC1. The number of nitrogens with one attached hydrogen (secondary N) is 1. The van der Waals surface area contributed by atoms with Gasteiger partial charge in [0.2, 0.25) is 21.9 Å². The van der Waals surface area contributed by atoms with Crippen LogP contribution in [0.5, 0.6) is 0 Å². The molecule has 1 amide bonds. The van der Waals surface area contributed by atoms with Crippen LogP contribution in [0.15, 0.2) is 47.9 Å². The van der Waals surface area contributed by atoms with Crippen molar-refractivity contribution in [3.05, 3.63) is 43.0 Å². The first-order valence-electron chi connectivity index (χ1n) is 8.20. The Kier molecular flexibility index (Phi) is 5.55. The highest BCUT2D eigenvalue weighted by atomic mass is 32.2. The molecule has 138 valence electrons. The third kappa shape index (κ3) is 4.03. The average molecular weight is 376 g/mol. The average Bonchev–Trinajstić information content (AvgIpc) is 2.69. The van der Waals surface area contributed by atoms with E-state index in [1.807, 2.05) is 4.90 Å². The number of amides is 1. The summed E-state index contributed by atoms with van der Waals surface area (Å²) in [5.74, 6) is 0.0295. The molecule has 0 bridgehead atoms. The number of anilines is 1. The number of rotatable bonds is 5. The van der Waals surface area contributed by atoms with Crippen molar-refractivity contribution in [3.8, 4) is 0 Å². The molecule has 10 heteroatoms. The first kappa shape index (κ1) is 18.4. The molecule has 0 aromatic carbocycles. The molecule has 1 aliphatic rings. The number of hydrogen-bond acceptors (Lipinski definition) is 7. The highest BCUT2D eigenvalue weighted by Gasteiger charge is 2.32. The van der Waals surface area contributed by atoms with Gasteiger partial charge in [0.25, 0.3) is 0 Å². The van der Waals surface area contributed by atoms with Crippen LogP contribution in [-0.2, 0) is 14.8 Å². The van der Waals surface area contributed by atoms with E-state index in [9.17, 15) is 13.2 Å². The summed E-state index contributed by atoms with van der Waals surface area (Å²) < 4.78 is 26.6. The Bertz CT molecular complexity index is 839. The number of carbonyl (C=O) groups excluding carboxylic acids is 1. The van der Waals surface area contributed by atoms with Crippen LogP contribution in [0.4, 0.5) is 5.95 Å². The highest BCUT2D eigenvalue weighted by molar-refractivity contribution is 7.89. The maximum atomic E-state index is 12.6. The summed E-state index contributed by atoms with van der Waals surface area (Å²) in [5, 5.41) is 2.66. The van der Waals surface area contributed by atoms with Gasteiger partial charge in [-0.2, -0.15) is 4.31 Å². The number of sulfonamides is 1.